The van der Waals surface area contributed by atoms with Crippen molar-refractivity contribution in [2.24, 2.45) is 0 Å². The van der Waals surface area contributed by atoms with Gasteiger partial charge in [0.2, 0.25) is 0 Å². The lowest BCUT2D eigenvalue weighted by Crippen LogP contribution is -2.14. The zero-order valence-electron chi connectivity index (χ0n) is 9.58. The number of pyridine rings is 1. The van der Waals surface area contributed by atoms with Crippen molar-refractivity contribution in [3.63, 3.8) is 0 Å². The number of carbonyl (C=O) groups is 1. The minimum atomic E-state index is -0.141. The number of benzene rings is 1. The van der Waals surface area contributed by atoms with Gasteiger partial charge in [-0.3, -0.25) is 4.79 Å². The Labute approximate surface area is 127 Å². The second-order valence-corrected chi connectivity index (χ2v) is 5.75. The fourth-order valence-electron chi connectivity index (χ4n) is 1.46. The Hall–Kier alpha value is -0.950. The third-order valence-corrected chi connectivity index (χ3v) is 4.31. The van der Waals surface area contributed by atoms with E-state index in [9.17, 15) is 4.79 Å². The number of halogens is 2. The molecular weight excluding hydrogens is 407 g/mol. The summed E-state index contributed by atoms with van der Waals surface area (Å²) in [5.41, 5.74) is 1.76. The van der Waals surface area contributed by atoms with Gasteiger partial charge < -0.3 is 5.32 Å². The molecule has 1 N–H and O–H groups in total. The smallest absolute Gasteiger partial charge is 0.257 e. The first-order chi connectivity index (χ1) is 8.58. The second kappa shape index (κ2) is 5.79. The summed E-state index contributed by atoms with van der Waals surface area (Å²) in [4.78, 5) is 16.2. The monoisotopic (exact) mass is 416 g/mol. The van der Waals surface area contributed by atoms with Crippen LogP contribution in [0.2, 0.25) is 0 Å². The maximum absolute atomic E-state index is 12.1. The van der Waals surface area contributed by atoms with Crippen LogP contribution in [0.3, 0.4) is 0 Å². The maximum Gasteiger partial charge on any atom is 0.257 e. The van der Waals surface area contributed by atoms with Crippen LogP contribution in [-0.4, -0.2) is 10.9 Å². The topological polar surface area (TPSA) is 42.0 Å². The van der Waals surface area contributed by atoms with E-state index in [-0.39, 0.29) is 5.91 Å². The first-order valence-electron chi connectivity index (χ1n) is 5.26. The van der Waals surface area contributed by atoms with Crippen molar-refractivity contribution in [2.75, 3.05) is 5.32 Å². The average molecular weight is 417 g/mol. The van der Waals surface area contributed by atoms with Gasteiger partial charge in [0.05, 0.1) is 5.56 Å². The van der Waals surface area contributed by atoms with Crippen LogP contribution in [0.15, 0.2) is 41.0 Å². The molecule has 0 saturated heterocycles. The molecule has 0 aliphatic carbocycles. The van der Waals surface area contributed by atoms with Crippen molar-refractivity contribution in [3.05, 3.63) is 55.7 Å². The molecule has 1 aromatic heterocycles. The van der Waals surface area contributed by atoms with Crippen molar-refractivity contribution in [1.29, 1.82) is 0 Å². The number of hydrogen-bond acceptors (Lipinski definition) is 2. The summed E-state index contributed by atoms with van der Waals surface area (Å²) in [5.74, 6) is 0.401. The summed E-state index contributed by atoms with van der Waals surface area (Å²) in [6, 6.07) is 9.26. The SMILES string of the molecule is Cc1cccc(C(=O)Nc2ccc(Br)cn2)c1I. The minimum absolute atomic E-state index is 0.141. The lowest BCUT2D eigenvalue weighted by Gasteiger charge is -2.07. The van der Waals surface area contributed by atoms with Gasteiger partial charge >= 0.3 is 0 Å². The fourth-order valence-corrected chi connectivity index (χ4v) is 2.30. The third kappa shape index (κ3) is 3.08. The lowest BCUT2D eigenvalue weighted by atomic mass is 10.1. The molecule has 0 bridgehead atoms. The predicted molar refractivity (Wildman–Crippen MR) is 83.8 cm³/mol. The fraction of sp³-hybridized carbons (Fsp3) is 0.0769. The Morgan fingerprint density at radius 1 is 1.33 bits per heavy atom. The van der Waals surface area contributed by atoms with E-state index >= 15 is 0 Å². The molecule has 18 heavy (non-hydrogen) atoms. The van der Waals surface area contributed by atoms with Gasteiger partial charge in [-0.25, -0.2) is 4.98 Å². The Bertz CT molecular complexity index is 584. The summed E-state index contributed by atoms with van der Waals surface area (Å²) >= 11 is 5.48. The summed E-state index contributed by atoms with van der Waals surface area (Å²) < 4.78 is 1.84. The number of nitrogens with one attached hydrogen (secondary N) is 1. The maximum atomic E-state index is 12.1. The number of aryl methyl sites for hydroxylation is 1. The highest BCUT2D eigenvalue weighted by Crippen LogP contribution is 2.18. The molecule has 0 atom stereocenters. The van der Waals surface area contributed by atoms with Crippen LogP contribution in [0.1, 0.15) is 15.9 Å². The Balaban J connectivity index is 2.22. The number of hydrogen-bond donors (Lipinski definition) is 1. The van der Waals surface area contributed by atoms with Crippen LogP contribution in [0.5, 0.6) is 0 Å². The van der Waals surface area contributed by atoms with Crippen LogP contribution in [0, 0.1) is 10.5 Å². The highest BCUT2D eigenvalue weighted by molar-refractivity contribution is 14.1. The Kier molecular flexibility index (Phi) is 4.34. The molecule has 1 aromatic carbocycles. The summed E-state index contributed by atoms with van der Waals surface area (Å²) in [6.45, 7) is 1.98. The third-order valence-electron chi connectivity index (χ3n) is 2.41. The van der Waals surface area contributed by atoms with Crippen LogP contribution in [0.25, 0.3) is 0 Å². The molecule has 1 heterocycles. The molecule has 0 spiro atoms. The van der Waals surface area contributed by atoms with Crippen LogP contribution < -0.4 is 5.32 Å². The molecule has 5 heteroatoms. The zero-order chi connectivity index (χ0) is 13.1. The first kappa shape index (κ1) is 13.5. The number of nitrogens with zero attached hydrogens (tertiary/aromatic N) is 1. The van der Waals surface area contributed by atoms with Crippen molar-refractivity contribution >= 4 is 50.2 Å². The lowest BCUT2D eigenvalue weighted by molar-refractivity contribution is 0.102. The van der Waals surface area contributed by atoms with Crippen molar-refractivity contribution in [2.45, 2.75) is 6.92 Å². The number of anilines is 1. The van der Waals surface area contributed by atoms with E-state index < -0.39 is 0 Å². The molecule has 0 aliphatic rings. The standard InChI is InChI=1S/C13H10BrIN2O/c1-8-3-2-4-10(12(8)15)13(18)17-11-6-5-9(14)7-16-11/h2-7H,1H3,(H,16,17,18). The molecular formula is C13H10BrIN2O. The average Bonchev–Trinajstić information content (AvgIpc) is 2.35. The summed E-state index contributed by atoms with van der Waals surface area (Å²) in [6.07, 6.45) is 1.65. The summed E-state index contributed by atoms with van der Waals surface area (Å²) in [5, 5.41) is 2.78. The normalized spacial score (nSPS) is 10.2. The van der Waals surface area contributed by atoms with E-state index in [1.54, 1.807) is 12.3 Å². The molecule has 3 nitrogen and oxygen atoms in total. The molecule has 0 saturated carbocycles. The second-order valence-electron chi connectivity index (χ2n) is 3.75. The number of amides is 1. The molecule has 0 radical (unpaired) electrons. The highest BCUT2D eigenvalue weighted by Gasteiger charge is 2.11. The van der Waals surface area contributed by atoms with Crippen LogP contribution in [0.4, 0.5) is 5.82 Å². The zero-order valence-corrected chi connectivity index (χ0v) is 13.3. The largest absolute Gasteiger partial charge is 0.307 e. The molecule has 0 aliphatic heterocycles. The van der Waals surface area contributed by atoms with Gasteiger partial charge in [0, 0.05) is 14.2 Å². The number of rotatable bonds is 2. The van der Waals surface area contributed by atoms with E-state index in [2.05, 4.69) is 48.8 Å². The Morgan fingerprint density at radius 3 is 2.78 bits per heavy atom. The van der Waals surface area contributed by atoms with Gasteiger partial charge in [-0.2, -0.15) is 0 Å². The van der Waals surface area contributed by atoms with Crippen LogP contribution >= 0.6 is 38.5 Å². The van der Waals surface area contributed by atoms with E-state index in [1.807, 2.05) is 31.2 Å². The highest BCUT2D eigenvalue weighted by atomic mass is 127. The van der Waals surface area contributed by atoms with Gasteiger partial charge in [0.1, 0.15) is 5.82 Å². The van der Waals surface area contributed by atoms with E-state index in [4.69, 9.17) is 0 Å². The van der Waals surface area contributed by atoms with Gasteiger partial charge in [-0.15, -0.1) is 0 Å². The van der Waals surface area contributed by atoms with Crippen LogP contribution in [-0.2, 0) is 0 Å². The van der Waals surface area contributed by atoms with E-state index in [1.165, 1.54) is 0 Å². The Morgan fingerprint density at radius 2 is 2.11 bits per heavy atom. The van der Waals surface area contributed by atoms with Gasteiger partial charge in [0.15, 0.2) is 0 Å². The molecule has 92 valence electrons. The van der Waals surface area contributed by atoms with E-state index in [0.29, 0.717) is 11.4 Å². The number of carbonyl (C=O) groups excluding carboxylic acids is 1. The van der Waals surface area contributed by atoms with Crippen molar-refractivity contribution < 1.29 is 4.79 Å². The quantitative estimate of drug-likeness (QED) is 0.751. The first-order valence-corrected chi connectivity index (χ1v) is 7.13. The van der Waals surface area contributed by atoms with Crippen molar-refractivity contribution in [3.8, 4) is 0 Å². The molecule has 0 fully saturated rings. The van der Waals surface area contributed by atoms with Gasteiger partial charge in [-0.1, -0.05) is 12.1 Å². The molecule has 1 amide bonds. The van der Waals surface area contributed by atoms with Crippen molar-refractivity contribution in [1.82, 2.24) is 4.98 Å². The summed E-state index contributed by atoms with van der Waals surface area (Å²) in [7, 11) is 0. The molecule has 2 rings (SSSR count). The number of aromatic nitrogens is 1. The predicted octanol–water partition coefficient (Wildman–Crippen LogP) is 4.01. The van der Waals surface area contributed by atoms with Gasteiger partial charge in [-0.05, 0) is 69.2 Å². The van der Waals surface area contributed by atoms with E-state index in [0.717, 1.165) is 13.6 Å². The van der Waals surface area contributed by atoms with Gasteiger partial charge in [0.25, 0.3) is 5.91 Å². The molecule has 2 aromatic rings. The molecule has 0 unspecified atom stereocenters. The minimum Gasteiger partial charge on any atom is -0.307 e.